The summed E-state index contributed by atoms with van der Waals surface area (Å²) < 4.78 is 5.26. The molecule has 128 valence electrons. The predicted molar refractivity (Wildman–Crippen MR) is 93.0 cm³/mol. The Balaban J connectivity index is 1.95. The maximum absolute atomic E-state index is 12.9. The van der Waals surface area contributed by atoms with Crippen molar-refractivity contribution < 1.29 is 14.3 Å². The van der Waals surface area contributed by atoms with Crippen molar-refractivity contribution in [1.82, 2.24) is 15.6 Å². The van der Waals surface area contributed by atoms with Crippen molar-refractivity contribution in [2.45, 2.75) is 13.0 Å². The second-order valence-corrected chi connectivity index (χ2v) is 5.51. The first-order valence-electron chi connectivity index (χ1n) is 7.72. The van der Waals surface area contributed by atoms with Crippen LogP contribution in [0.1, 0.15) is 18.5 Å². The number of allylic oxidation sites excluding steroid dienone is 1. The van der Waals surface area contributed by atoms with Gasteiger partial charge in [-0.15, -0.1) is 0 Å². The molecule has 0 aliphatic carbocycles. The Labute approximate surface area is 145 Å². The van der Waals surface area contributed by atoms with E-state index in [9.17, 15) is 9.59 Å². The van der Waals surface area contributed by atoms with E-state index in [0.717, 1.165) is 5.56 Å². The molecule has 25 heavy (non-hydrogen) atoms. The lowest BCUT2D eigenvalue weighted by molar-refractivity contribution is -0.113. The van der Waals surface area contributed by atoms with Crippen molar-refractivity contribution in [3.8, 4) is 5.75 Å². The van der Waals surface area contributed by atoms with E-state index in [1.54, 1.807) is 43.6 Å². The molecule has 3 N–H and O–H groups in total. The number of hydrogen-bond acceptors (Lipinski definition) is 4. The summed E-state index contributed by atoms with van der Waals surface area (Å²) in [4.78, 5) is 28.8. The first kappa shape index (κ1) is 16.5. The minimum Gasteiger partial charge on any atom is -0.495 e. The molecule has 1 aromatic carbocycles. The third kappa shape index (κ3) is 3.45. The fraction of sp³-hybridized carbons (Fsp3) is 0.167. The van der Waals surface area contributed by atoms with Crippen LogP contribution in [0.25, 0.3) is 0 Å². The van der Waals surface area contributed by atoms with Crippen LogP contribution in [-0.2, 0) is 4.79 Å². The summed E-state index contributed by atoms with van der Waals surface area (Å²) in [7, 11) is 1.54. The Bertz CT molecular complexity index is 833. The minimum absolute atomic E-state index is 0.330. The molecule has 0 fully saturated rings. The molecule has 0 unspecified atom stereocenters. The van der Waals surface area contributed by atoms with Gasteiger partial charge in [-0.2, -0.15) is 0 Å². The van der Waals surface area contributed by atoms with Gasteiger partial charge < -0.3 is 20.7 Å². The highest BCUT2D eigenvalue weighted by molar-refractivity contribution is 6.07. The van der Waals surface area contributed by atoms with E-state index in [2.05, 4.69) is 20.9 Å². The van der Waals surface area contributed by atoms with Crippen LogP contribution in [0, 0.1) is 0 Å². The molecule has 7 nitrogen and oxygen atoms in total. The number of carbonyl (C=O) groups excluding carboxylic acids is 2. The number of ether oxygens (including phenoxy) is 1. The minimum atomic E-state index is -0.586. The van der Waals surface area contributed by atoms with Gasteiger partial charge in [-0.25, -0.2) is 4.79 Å². The number of pyridine rings is 1. The van der Waals surface area contributed by atoms with E-state index in [4.69, 9.17) is 4.74 Å². The SMILES string of the molecule is COc1ccccc1NC(=O)C1=C(C)NC(=O)N[C@H]1c1cccnc1. The van der Waals surface area contributed by atoms with Crippen molar-refractivity contribution in [2.75, 3.05) is 12.4 Å². The molecule has 2 heterocycles. The van der Waals surface area contributed by atoms with Crippen LogP contribution in [-0.4, -0.2) is 24.0 Å². The second-order valence-electron chi connectivity index (χ2n) is 5.51. The molecule has 3 amide bonds. The number of hydrogen-bond donors (Lipinski definition) is 3. The van der Waals surface area contributed by atoms with E-state index in [0.29, 0.717) is 22.7 Å². The molecule has 0 spiro atoms. The summed E-state index contributed by atoms with van der Waals surface area (Å²) in [6.07, 6.45) is 3.26. The lowest BCUT2D eigenvalue weighted by atomic mass is 9.96. The Hall–Kier alpha value is -3.35. The molecular weight excluding hydrogens is 320 g/mol. The zero-order chi connectivity index (χ0) is 17.8. The first-order valence-corrected chi connectivity index (χ1v) is 7.72. The Morgan fingerprint density at radius 3 is 2.76 bits per heavy atom. The van der Waals surface area contributed by atoms with Gasteiger partial charge in [-0.05, 0) is 30.7 Å². The Kier molecular flexibility index (Phi) is 4.65. The zero-order valence-electron chi connectivity index (χ0n) is 13.9. The van der Waals surface area contributed by atoms with Gasteiger partial charge in [-0.3, -0.25) is 9.78 Å². The highest BCUT2D eigenvalue weighted by Gasteiger charge is 2.31. The fourth-order valence-corrected chi connectivity index (χ4v) is 2.73. The zero-order valence-corrected chi connectivity index (χ0v) is 13.9. The molecule has 7 heteroatoms. The number of para-hydroxylation sites is 2. The van der Waals surface area contributed by atoms with E-state index < -0.39 is 6.04 Å². The average molecular weight is 338 g/mol. The Morgan fingerprint density at radius 1 is 1.24 bits per heavy atom. The number of methoxy groups -OCH3 is 1. The average Bonchev–Trinajstić information content (AvgIpc) is 2.62. The number of rotatable bonds is 4. The summed E-state index contributed by atoms with van der Waals surface area (Å²) in [6, 6.07) is 9.76. The maximum Gasteiger partial charge on any atom is 0.319 e. The fourth-order valence-electron chi connectivity index (χ4n) is 2.73. The number of amides is 3. The molecule has 1 aliphatic rings. The molecule has 0 bridgehead atoms. The number of carbonyl (C=O) groups is 2. The maximum atomic E-state index is 12.9. The summed E-state index contributed by atoms with van der Waals surface area (Å²) in [5, 5.41) is 8.25. The lowest BCUT2D eigenvalue weighted by Gasteiger charge is -2.28. The number of nitrogens with zero attached hydrogens (tertiary/aromatic N) is 1. The lowest BCUT2D eigenvalue weighted by Crippen LogP contribution is -2.46. The number of aromatic nitrogens is 1. The number of anilines is 1. The largest absolute Gasteiger partial charge is 0.495 e. The van der Waals surface area contributed by atoms with Crippen LogP contribution in [0.2, 0.25) is 0 Å². The molecule has 0 saturated carbocycles. The van der Waals surface area contributed by atoms with Crippen LogP contribution >= 0.6 is 0 Å². The molecule has 0 saturated heterocycles. The van der Waals surface area contributed by atoms with Crippen molar-refractivity contribution in [3.05, 3.63) is 65.6 Å². The van der Waals surface area contributed by atoms with Gasteiger partial charge in [0.1, 0.15) is 5.75 Å². The predicted octanol–water partition coefficient (Wildman–Crippen LogP) is 2.36. The van der Waals surface area contributed by atoms with Gasteiger partial charge >= 0.3 is 6.03 Å². The molecule has 3 rings (SSSR count). The normalized spacial score (nSPS) is 16.7. The van der Waals surface area contributed by atoms with Gasteiger partial charge in [0.25, 0.3) is 5.91 Å². The molecule has 2 aromatic rings. The molecular formula is C18H18N4O3. The molecule has 1 aliphatic heterocycles. The molecule has 1 atom stereocenters. The summed E-state index contributed by atoms with van der Waals surface area (Å²) >= 11 is 0. The van der Waals surface area contributed by atoms with Crippen LogP contribution in [0.15, 0.2) is 60.1 Å². The van der Waals surface area contributed by atoms with Crippen molar-refractivity contribution in [3.63, 3.8) is 0 Å². The van der Waals surface area contributed by atoms with Gasteiger partial charge in [-0.1, -0.05) is 18.2 Å². The summed E-state index contributed by atoms with van der Waals surface area (Å²) in [6.45, 7) is 1.69. The smallest absolute Gasteiger partial charge is 0.319 e. The molecule has 1 aromatic heterocycles. The van der Waals surface area contributed by atoms with Crippen LogP contribution in [0.4, 0.5) is 10.5 Å². The number of urea groups is 1. The van der Waals surface area contributed by atoms with Crippen molar-refractivity contribution in [1.29, 1.82) is 0 Å². The van der Waals surface area contributed by atoms with Crippen molar-refractivity contribution in [2.24, 2.45) is 0 Å². The topological polar surface area (TPSA) is 92.4 Å². The number of benzene rings is 1. The van der Waals surface area contributed by atoms with Crippen molar-refractivity contribution >= 4 is 17.6 Å². The summed E-state index contributed by atoms with van der Waals surface area (Å²) in [5.74, 6) is 0.225. The van der Waals surface area contributed by atoms with Gasteiger partial charge in [0.05, 0.1) is 24.4 Å². The van der Waals surface area contributed by atoms with Crippen LogP contribution < -0.4 is 20.7 Å². The van der Waals surface area contributed by atoms with Gasteiger partial charge in [0.2, 0.25) is 0 Å². The monoisotopic (exact) mass is 338 g/mol. The van der Waals surface area contributed by atoms with Gasteiger partial charge in [0, 0.05) is 18.1 Å². The number of nitrogens with one attached hydrogen (secondary N) is 3. The van der Waals surface area contributed by atoms with E-state index in [-0.39, 0.29) is 11.9 Å². The van der Waals surface area contributed by atoms with Gasteiger partial charge in [0.15, 0.2) is 0 Å². The third-order valence-corrected chi connectivity index (χ3v) is 3.89. The van der Waals surface area contributed by atoms with E-state index in [1.165, 1.54) is 7.11 Å². The highest BCUT2D eigenvalue weighted by atomic mass is 16.5. The van der Waals surface area contributed by atoms with Crippen LogP contribution in [0.3, 0.4) is 0 Å². The summed E-state index contributed by atoms with van der Waals surface area (Å²) in [5.41, 5.74) is 2.18. The highest BCUT2D eigenvalue weighted by Crippen LogP contribution is 2.29. The quantitative estimate of drug-likeness (QED) is 0.798. The van der Waals surface area contributed by atoms with E-state index >= 15 is 0 Å². The first-order chi connectivity index (χ1) is 12.1. The Morgan fingerprint density at radius 2 is 2.04 bits per heavy atom. The standard InChI is InChI=1S/C18H18N4O3/c1-11-15(17(23)21-13-7-3-4-8-14(13)25-2)16(22-18(24)20-11)12-6-5-9-19-10-12/h3-10,16H,1-2H3,(H,21,23)(H2,20,22,24)/t16-/m0/s1. The van der Waals surface area contributed by atoms with E-state index in [1.807, 2.05) is 12.1 Å². The third-order valence-electron chi connectivity index (χ3n) is 3.89. The van der Waals surface area contributed by atoms with Crippen LogP contribution in [0.5, 0.6) is 5.75 Å². The second kappa shape index (κ2) is 7.04. The molecule has 0 radical (unpaired) electrons.